The largest absolute Gasteiger partial charge is 0.345 e. The number of carbonyl (C=O) groups excluding carboxylic acids is 2. The van der Waals surface area contributed by atoms with Crippen molar-refractivity contribution in [3.63, 3.8) is 0 Å². The lowest BCUT2D eigenvalue weighted by Crippen LogP contribution is -2.57. The van der Waals surface area contributed by atoms with Crippen molar-refractivity contribution < 1.29 is 9.59 Å². The van der Waals surface area contributed by atoms with Gasteiger partial charge in [0, 0.05) is 41.2 Å². The number of amidine groups is 2. The van der Waals surface area contributed by atoms with Gasteiger partial charge in [-0.1, -0.05) is 0 Å². The third kappa shape index (κ3) is 4.44. The number of amides is 2. The summed E-state index contributed by atoms with van der Waals surface area (Å²) in [6, 6.07) is 0. The Morgan fingerprint density at radius 3 is 2.32 bits per heavy atom. The number of hydrogen-bond acceptors (Lipinski definition) is 4. The van der Waals surface area contributed by atoms with E-state index in [2.05, 4.69) is 5.32 Å². The molecule has 1 rings (SSSR count). The van der Waals surface area contributed by atoms with Crippen molar-refractivity contribution in [3.8, 4) is 0 Å². The van der Waals surface area contributed by atoms with Crippen LogP contribution < -0.4 is 5.32 Å². The van der Waals surface area contributed by atoms with Gasteiger partial charge in [0.15, 0.2) is 5.84 Å². The Hall–Kier alpha value is -1.19. The summed E-state index contributed by atoms with van der Waals surface area (Å²) in [6.07, 6.45) is 0. The van der Waals surface area contributed by atoms with Gasteiger partial charge in [-0.3, -0.25) is 20.4 Å². The van der Waals surface area contributed by atoms with E-state index in [0.717, 1.165) is 0 Å². The molecule has 19 heavy (non-hydrogen) atoms. The second-order valence-electron chi connectivity index (χ2n) is 5.33. The van der Waals surface area contributed by atoms with Crippen LogP contribution in [0.4, 0.5) is 4.79 Å². The van der Waals surface area contributed by atoms with Crippen LogP contribution in [-0.2, 0) is 4.79 Å². The molecule has 0 radical (unpaired) electrons. The smallest absolute Gasteiger partial charge is 0.287 e. The zero-order valence-corrected chi connectivity index (χ0v) is 13.4. The predicted molar refractivity (Wildman–Crippen MR) is 81.0 cm³/mol. The molecular weight excluding hydrogens is 361 g/mol. The highest BCUT2D eigenvalue weighted by Gasteiger charge is 2.29. The molecule has 1 aliphatic rings. The van der Waals surface area contributed by atoms with Crippen molar-refractivity contribution in [3.05, 3.63) is 0 Å². The molecule has 2 amide bonds. The third-order valence-electron chi connectivity index (χ3n) is 2.48. The van der Waals surface area contributed by atoms with Crippen LogP contribution >= 0.6 is 22.6 Å². The Bertz CT molecular complexity index is 429. The summed E-state index contributed by atoms with van der Waals surface area (Å²) >= 11 is 1.67. The maximum Gasteiger partial charge on any atom is 0.287 e. The number of nitrogens with zero attached hydrogens (tertiary/aromatic N) is 2. The normalized spacial score (nSPS) is 16.3. The van der Waals surface area contributed by atoms with E-state index in [4.69, 9.17) is 10.8 Å². The maximum atomic E-state index is 11.9. The van der Waals surface area contributed by atoms with Crippen molar-refractivity contribution >= 4 is 44.1 Å². The van der Waals surface area contributed by atoms with Crippen LogP contribution in [0.25, 0.3) is 0 Å². The van der Waals surface area contributed by atoms with Gasteiger partial charge in [-0.2, -0.15) is 0 Å². The Labute approximate surface area is 125 Å². The van der Waals surface area contributed by atoms with Gasteiger partial charge in [0.2, 0.25) is 0 Å². The van der Waals surface area contributed by atoms with E-state index in [9.17, 15) is 9.59 Å². The van der Waals surface area contributed by atoms with Gasteiger partial charge in [-0.25, -0.2) is 0 Å². The number of piperazine rings is 1. The molecular formula is C11H18IN5O2. The first-order valence-corrected chi connectivity index (χ1v) is 6.90. The summed E-state index contributed by atoms with van der Waals surface area (Å²) in [5, 5.41) is 18.4. The van der Waals surface area contributed by atoms with Crippen molar-refractivity contribution in [1.29, 1.82) is 10.8 Å². The molecule has 0 saturated carbocycles. The summed E-state index contributed by atoms with van der Waals surface area (Å²) < 4.78 is -0.132. The zero-order chi connectivity index (χ0) is 14.8. The topological polar surface area (TPSA) is 100 Å². The number of hydrogen-bond donors (Lipinski definition) is 3. The number of carbonyl (C=O) groups is 2. The molecule has 0 unspecified atom stereocenters. The van der Waals surface area contributed by atoms with E-state index in [-0.39, 0.29) is 22.1 Å². The molecule has 0 spiro atoms. The van der Waals surface area contributed by atoms with Gasteiger partial charge in [0.05, 0.1) is 6.54 Å². The summed E-state index contributed by atoms with van der Waals surface area (Å²) in [6.45, 7) is 6.33. The maximum absolute atomic E-state index is 11.9. The molecule has 0 bridgehead atoms. The number of halogens is 1. The minimum Gasteiger partial charge on any atom is -0.345 e. The second-order valence-corrected chi connectivity index (χ2v) is 6.25. The SMILES string of the molecule is CC(C)(C)NC(=O)C(=N)N1CCN(C(=O)I)CC1=N. The molecule has 0 aromatic rings. The van der Waals surface area contributed by atoms with Gasteiger partial charge in [0.1, 0.15) is 5.84 Å². The zero-order valence-electron chi connectivity index (χ0n) is 11.2. The molecule has 1 heterocycles. The Morgan fingerprint density at radius 1 is 1.32 bits per heavy atom. The Kier molecular flexibility index (Phi) is 4.88. The van der Waals surface area contributed by atoms with Gasteiger partial charge in [-0.05, 0) is 20.8 Å². The lowest BCUT2D eigenvalue weighted by atomic mass is 10.1. The van der Waals surface area contributed by atoms with E-state index in [0.29, 0.717) is 13.1 Å². The molecule has 8 heteroatoms. The first-order valence-electron chi connectivity index (χ1n) is 5.82. The summed E-state index contributed by atoms with van der Waals surface area (Å²) in [7, 11) is 0. The fourth-order valence-corrected chi connectivity index (χ4v) is 2.03. The molecule has 1 fully saturated rings. The van der Waals surface area contributed by atoms with Crippen molar-refractivity contribution in [2.24, 2.45) is 0 Å². The Morgan fingerprint density at radius 2 is 1.89 bits per heavy atom. The van der Waals surface area contributed by atoms with Gasteiger partial charge in [0.25, 0.3) is 9.82 Å². The fraction of sp³-hybridized carbons (Fsp3) is 0.636. The van der Waals surface area contributed by atoms with E-state index in [1.54, 1.807) is 22.6 Å². The van der Waals surface area contributed by atoms with Crippen LogP contribution in [0.3, 0.4) is 0 Å². The molecule has 0 atom stereocenters. The first-order chi connectivity index (χ1) is 8.61. The van der Waals surface area contributed by atoms with Gasteiger partial charge in [-0.15, -0.1) is 0 Å². The third-order valence-corrected chi connectivity index (χ3v) is 3.16. The quantitative estimate of drug-likeness (QED) is 0.193. The fourth-order valence-electron chi connectivity index (χ4n) is 1.62. The minimum absolute atomic E-state index is 0.0883. The van der Waals surface area contributed by atoms with Crippen LogP contribution in [0, 0.1) is 10.8 Å². The predicted octanol–water partition coefficient (Wildman–Crippen LogP) is 1.03. The van der Waals surface area contributed by atoms with E-state index in [1.807, 2.05) is 20.8 Å². The highest BCUT2D eigenvalue weighted by atomic mass is 127. The number of nitrogens with one attached hydrogen (secondary N) is 3. The van der Waals surface area contributed by atoms with Crippen LogP contribution in [0.15, 0.2) is 0 Å². The molecule has 1 saturated heterocycles. The van der Waals surface area contributed by atoms with Crippen LogP contribution in [0.1, 0.15) is 20.8 Å². The lowest BCUT2D eigenvalue weighted by Gasteiger charge is -2.35. The van der Waals surface area contributed by atoms with Crippen LogP contribution in [0.5, 0.6) is 0 Å². The highest BCUT2D eigenvalue weighted by Crippen LogP contribution is 2.09. The average molecular weight is 379 g/mol. The molecule has 0 aliphatic carbocycles. The summed E-state index contributed by atoms with van der Waals surface area (Å²) in [5.74, 6) is -0.669. The molecule has 3 N–H and O–H groups in total. The molecule has 106 valence electrons. The highest BCUT2D eigenvalue weighted by molar-refractivity contribution is 14.1. The van der Waals surface area contributed by atoms with Crippen LogP contribution in [0.2, 0.25) is 0 Å². The monoisotopic (exact) mass is 379 g/mol. The van der Waals surface area contributed by atoms with Crippen LogP contribution in [-0.4, -0.2) is 56.5 Å². The molecule has 0 aromatic carbocycles. The first kappa shape index (κ1) is 15.9. The van der Waals surface area contributed by atoms with E-state index >= 15 is 0 Å². The van der Waals surface area contributed by atoms with E-state index < -0.39 is 11.4 Å². The van der Waals surface area contributed by atoms with E-state index in [1.165, 1.54) is 9.80 Å². The molecule has 1 aliphatic heterocycles. The average Bonchev–Trinajstić information content (AvgIpc) is 2.25. The lowest BCUT2D eigenvalue weighted by molar-refractivity contribution is -0.116. The van der Waals surface area contributed by atoms with Crippen molar-refractivity contribution in [1.82, 2.24) is 15.1 Å². The molecule has 0 aromatic heterocycles. The van der Waals surface area contributed by atoms with Crippen molar-refractivity contribution in [2.75, 3.05) is 19.6 Å². The summed E-state index contributed by atoms with van der Waals surface area (Å²) in [4.78, 5) is 25.9. The van der Waals surface area contributed by atoms with Gasteiger partial charge < -0.3 is 15.1 Å². The summed E-state index contributed by atoms with van der Waals surface area (Å²) in [5.41, 5.74) is -0.425. The number of rotatable bonds is 0. The minimum atomic E-state index is -0.508. The Balaban J connectivity index is 2.67. The standard InChI is InChI=1S/C11H18IN5O2/c1-11(2,3)15-9(18)8(14)17-5-4-16(10(12)19)6-7(17)13/h13-14H,4-6H2,1-3H3,(H,15,18). The van der Waals surface area contributed by atoms with Gasteiger partial charge >= 0.3 is 0 Å². The van der Waals surface area contributed by atoms with Crippen molar-refractivity contribution in [2.45, 2.75) is 26.3 Å². The molecule has 7 nitrogen and oxygen atoms in total. The second kappa shape index (κ2) is 5.85.